The van der Waals surface area contributed by atoms with Gasteiger partial charge in [0.1, 0.15) is 0 Å². The third-order valence-electron chi connectivity index (χ3n) is 3.95. The third-order valence-corrected chi connectivity index (χ3v) is 4.23. The van der Waals surface area contributed by atoms with E-state index in [1.807, 2.05) is 41.8 Å². The monoisotopic (exact) mass is 298 g/mol. The molecule has 3 nitrogen and oxygen atoms in total. The highest BCUT2D eigenvalue weighted by Crippen LogP contribution is 2.36. The van der Waals surface area contributed by atoms with Crippen molar-refractivity contribution in [2.75, 3.05) is 0 Å². The molecule has 1 heterocycles. The zero-order chi connectivity index (χ0) is 15.2. The van der Waals surface area contributed by atoms with Gasteiger partial charge in [-0.2, -0.15) is 0 Å². The van der Waals surface area contributed by atoms with Gasteiger partial charge in [0.15, 0.2) is 5.78 Å². The molecule has 0 amide bonds. The predicted octanol–water partition coefficient (Wildman–Crippen LogP) is 4.07. The average Bonchev–Trinajstić information content (AvgIpc) is 2.37. The lowest BCUT2D eigenvalue weighted by Crippen LogP contribution is -2.31. The van der Waals surface area contributed by atoms with Crippen LogP contribution in [0.4, 0.5) is 0 Å². The van der Waals surface area contributed by atoms with E-state index in [-0.39, 0.29) is 11.2 Å². The van der Waals surface area contributed by atoms with Gasteiger partial charge in [0.2, 0.25) is 4.77 Å². The number of fused-ring (bicyclic) bond motifs is 1. The third kappa shape index (κ3) is 2.44. The van der Waals surface area contributed by atoms with E-state index in [2.05, 4.69) is 18.8 Å². The van der Waals surface area contributed by atoms with Crippen molar-refractivity contribution in [3.8, 4) is 5.69 Å². The number of carbonyl (C=O) groups excluding carboxylic acids is 1. The first-order valence-corrected chi connectivity index (χ1v) is 7.51. The highest BCUT2D eigenvalue weighted by molar-refractivity contribution is 7.71. The van der Waals surface area contributed by atoms with Crippen LogP contribution in [0.2, 0.25) is 0 Å². The summed E-state index contributed by atoms with van der Waals surface area (Å²) in [4.78, 5) is 16.9. The number of nitrogens with zero attached hydrogens (tertiary/aromatic N) is 2. The molecule has 0 radical (unpaired) electrons. The zero-order valence-corrected chi connectivity index (χ0v) is 13.3. The van der Waals surface area contributed by atoms with Crippen LogP contribution >= 0.6 is 12.2 Å². The second-order valence-electron chi connectivity index (χ2n) is 6.41. The van der Waals surface area contributed by atoms with Gasteiger partial charge < -0.3 is 0 Å². The van der Waals surface area contributed by atoms with Crippen molar-refractivity contribution >= 4 is 18.0 Å². The highest BCUT2D eigenvalue weighted by atomic mass is 32.1. The van der Waals surface area contributed by atoms with Crippen molar-refractivity contribution in [3.05, 3.63) is 52.1 Å². The molecular formula is C17H18N2OS. The van der Waals surface area contributed by atoms with Gasteiger partial charge in [-0.05, 0) is 43.1 Å². The van der Waals surface area contributed by atoms with Crippen molar-refractivity contribution in [2.24, 2.45) is 5.41 Å². The molecule has 0 saturated heterocycles. The summed E-state index contributed by atoms with van der Waals surface area (Å²) in [5.41, 5.74) is 3.43. The van der Waals surface area contributed by atoms with Crippen LogP contribution in [0.15, 0.2) is 30.3 Å². The molecule has 0 saturated carbocycles. The van der Waals surface area contributed by atoms with Crippen molar-refractivity contribution in [1.82, 2.24) is 9.55 Å². The summed E-state index contributed by atoms with van der Waals surface area (Å²) in [7, 11) is 0. The van der Waals surface area contributed by atoms with Gasteiger partial charge in [-0.25, -0.2) is 4.98 Å². The average molecular weight is 298 g/mol. The SMILES string of the molecule is Cc1nc(=S)n(-c2ccccc2)c2c1C(=O)CC(C)(C)C2. The maximum atomic E-state index is 12.5. The standard InChI is InChI=1S/C17H18N2OS/c1-11-15-13(9-17(2,3)10-14(15)20)19(16(21)18-11)12-7-5-4-6-8-12/h4-8H,9-10H2,1-3H3. The Morgan fingerprint density at radius 1 is 1.19 bits per heavy atom. The van der Waals surface area contributed by atoms with Crippen LogP contribution in [0.25, 0.3) is 5.69 Å². The Bertz CT molecular complexity index is 775. The van der Waals surface area contributed by atoms with Gasteiger partial charge in [0, 0.05) is 17.8 Å². The number of para-hydroxylation sites is 1. The van der Waals surface area contributed by atoms with Crippen LogP contribution in [0.5, 0.6) is 0 Å². The quantitative estimate of drug-likeness (QED) is 0.745. The number of hydrogen-bond donors (Lipinski definition) is 0. The maximum Gasteiger partial charge on any atom is 0.204 e. The van der Waals surface area contributed by atoms with E-state index in [0.29, 0.717) is 11.2 Å². The molecule has 0 atom stereocenters. The number of hydrogen-bond acceptors (Lipinski definition) is 3. The van der Waals surface area contributed by atoms with E-state index in [0.717, 1.165) is 29.1 Å². The molecule has 1 aromatic heterocycles. The number of Topliss-reactive ketones (excluding diaryl/α,β-unsaturated/α-hetero) is 1. The first-order chi connectivity index (χ1) is 9.89. The Labute approximate surface area is 129 Å². The number of aryl methyl sites for hydroxylation is 1. The number of ketones is 1. The summed E-state index contributed by atoms with van der Waals surface area (Å²) in [6, 6.07) is 9.91. The number of benzene rings is 1. The topological polar surface area (TPSA) is 34.9 Å². The summed E-state index contributed by atoms with van der Waals surface area (Å²) in [6.07, 6.45) is 1.39. The molecular weight excluding hydrogens is 280 g/mol. The molecule has 2 aromatic rings. The molecule has 3 rings (SSSR count). The lowest BCUT2D eigenvalue weighted by atomic mass is 9.75. The zero-order valence-electron chi connectivity index (χ0n) is 12.5. The summed E-state index contributed by atoms with van der Waals surface area (Å²) in [5.74, 6) is 0.172. The largest absolute Gasteiger partial charge is 0.294 e. The van der Waals surface area contributed by atoms with Gasteiger partial charge in [-0.15, -0.1) is 0 Å². The lowest BCUT2D eigenvalue weighted by molar-refractivity contribution is 0.0907. The fourth-order valence-corrected chi connectivity index (χ4v) is 3.45. The van der Waals surface area contributed by atoms with E-state index < -0.39 is 0 Å². The Balaban J connectivity index is 2.35. The second kappa shape index (κ2) is 4.88. The second-order valence-corrected chi connectivity index (χ2v) is 6.78. The van der Waals surface area contributed by atoms with E-state index >= 15 is 0 Å². The van der Waals surface area contributed by atoms with Crippen LogP contribution in [0.3, 0.4) is 0 Å². The highest BCUT2D eigenvalue weighted by Gasteiger charge is 2.34. The Morgan fingerprint density at radius 2 is 1.86 bits per heavy atom. The van der Waals surface area contributed by atoms with E-state index in [9.17, 15) is 4.79 Å². The van der Waals surface area contributed by atoms with Crippen molar-refractivity contribution in [1.29, 1.82) is 0 Å². The van der Waals surface area contributed by atoms with Crippen molar-refractivity contribution < 1.29 is 4.79 Å². The van der Waals surface area contributed by atoms with Crippen molar-refractivity contribution in [3.63, 3.8) is 0 Å². The van der Waals surface area contributed by atoms with Gasteiger partial charge in [-0.3, -0.25) is 9.36 Å². The van der Waals surface area contributed by atoms with Crippen molar-refractivity contribution in [2.45, 2.75) is 33.6 Å². The molecule has 0 N–H and O–H groups in total. The molecule has 21 heavy (non-hydrogen) atoms. The molecule has 0 bridgehead atoms. The summed E-state index contributed by atoms with van der Waals surface area (Å²) >= 11 is 5.46. The van der Waals surface area contributed by atoms with Gasteiger partial charge >= 0.3 is 0 Å². The molecule has 1 aromatic carbocycles. The molecule has 0 aliphatic heterocycles. The minimum Gasteiger partial charge on any atom is -0.294 e. The Morgan fingerprint density at radius 3 is 2.52 bits per heavy atom. The first-order valence-electron chi connectivity index (χ1n) is 7.10. The minimum atomic E-state index is -0.0455. The molecule has 1 aliphatic carbocycles. The maximum absolute atomic E-state index is 12.5. The summed E-state index contributed by atoms with van der Waals surface area (Å²) in [5, 5.41) is 0. The lowest BCUT2D eigenvalue weighted by Gasteiger charge is -2.32. The number of carbonyl (C=O) groups is 1. The van der Waals surface area contributed by atoms with Crippen LogP contribution in [0, 0.1) is 17.1 Å². The molecule has 0 spiro atoms. The summed E-state index contributed by atoms with van der Waals surface area (Å²) < 4.78 is 2.47. The fourth-order valence-electron chi connectivity index (χ4n) is 3.10. The minimum absolute atomic E-state index is 0.0455. The molecule has 108 valence electrons. The first kappa shape index (κ1) is 14.1. The van der Waals surface area contributed by atoms with E-state index in [1.165, 1.54) is 0 Å². The van der Waals surface area contributed by atoms with Crippen LogP contribution < -0.4 is 0 Å². The number of rotatable bonds is 1. The fraction of sp³-hybridized carbons (Fsp3) is 0.353. The molecule has 1 aliphatic rings. The molecule has 0 unspecified atom stereocenters. The van der Waals surface area contributed by atoms with E-state index in [1.54, 1.807) is 0 Å². The van der Waals surface area contributed by atoms with Crippen LogP contribution in [0.1, 0.15) is 42.0 Å². The predicted molar refractivity (Wildman–Crippen MR) is 85.6 cm³/mol. The molecule has 0 fully saturated rings. The van der Waals surface area contributed by atoms with Crippen LogP contribution in [-0.4, -0.2) is 15.3 Å². The Kier molecular flexibility index (Phi) is 3.29. The summed E-state index contributed by atoms with van der Waals surface area (Å²) in [6.45, 7) is 6.13. The number of aromatic nitrogens is 2. The van der Waals surface area contributed by atoms with Gasteiger partial charge in [0.25, 0.3) is 0 Å². The smallest absolute Gasteiger partial charge is 0.204 e. The normalized spacial score (nSPS) is 16.6. The van der Waals surface area contributed by atoms with Crippen LogP contribution in [-0.2, 0) is 6.42 Å². The van der Waals surface area contributed by atoms with Gasteiger partial charge in [0.05, 0.1) is 11.3 Å². The van der Waals surface area contributed by atoms with E-state index in [4.69, 9.17) is 12.2 Å². The van der Waals surface area contributed by atoms with Gasteiger partial charge in [-0.1, -0.05) is 32.0 Å². The Hall–Kier alpha value is -1.81. The molecule has 4 heteroatoms.